The number of carbonyl (C=O) groups is 2. The maximum Gasteiger partial charge on any atom is 0.396 e. The van der Waals surface area contributed by atoms with Gasteiger partial charge in [0.25, 0.3) is 0 Å². The van der Waals surface area contributed by atoms with Gasteiger partial charge in [-0.25, -0.2) is 9.79 Å². The van der Waals surface area contributed by atoms with Crippen LogP contribution in [0, 0.1) is 0 Å². The molecule has 136 valence electrons. The van der Waals surface area contributed by atoms with E-state index in [1.807, 2.05) is 42.5 Å². The highest BCUT2D eigenvalue weighted by molar-refractivity contribution is 9.11. The summed E-state index contributed by atoms with van der Waals surface area (Å²) in [5.74, 6) is -2.86. The highest BCUT2D eigenvalue weighted by atomic mass is 79.9. The summed E-state index contributed by atoms with van der Waals surface area (Å²) in [7, 11) is 0. The molecule has 5 nitrogen and oxygen atoms in total. The topological polar surface area (TPSA) is 87.0 Å². The van der Waals surface area contributed by atoms with Gasteiger partial charge in [-0.05, 0) is 65.9 Å². The van der Waals surface area contributed by atoms with Crippen LogP contribution in [0.25, 0.3) is 10.8 Å². The van der Waals surface area contributed by atoms with Gasteiger partial charge in [0, 0.05) is 6.42 Å². The van der Waals surface area contributed by atoms with Crippen LogP contribution in [0.4, 0.5) is 0 Å². The normalized spacial score (nSPS) is 11.6. The number of aliphatic imine (C=N–C) groups is 1. The van der Waals surface area contributed by atoms with Crippen molar-refractivity contribution in [3.63, 3.8) is 0 Å². The molecule has 0 aliphatic rings. The van der Waals surface area contributed by atoms with Crippen LogP contribution in [0.3, 0.4) is 0 Å². The van der Waals surface area contributed by atoms with Crippen LogP contribution in [0.5, 0.6) is 5.75 Å². The lowest BCUT2D eigenvalue weighted by Gasteiger charge is -2.10. The molecular weight excluding hydrogens is 478 g/mol. The van der Waals surface area contributed by atoms with E-state index in [9.17, 15) is 14.7 Å². The van der Waals surface area contributed by atoms with Crippen LogP contribution in [-0.4, -0.2) is 27.8 Å². The van der Waals surface area contributed by atoms with Gasteiger partial charge < -0.3 is 10.2 Å². The summed E-state index contributed by atoms with van der Waals surface area (Å²) in [4.78, 5) is 26.5. The number of aromatic hydroxyl groups is 1. The second kappa shape index (κ2) is 8.02. The molecule has 0 heterocycles. The van der Waals surface area contributed by atoms with E-state index in [1.165, 1.54) is 0 Å². The molecule has 2 N–H and O–H groups in total. The van der Waals surface area contributed by atoms with E-state index in [1.54, 1.807) is 12.1 Å². The van der Waals surface area contributed by atoms with Gasteiger partial charge in [-0.2, -0.15) is 0 Å². The molecule has 3 aromatic carbocycles. The SMILES string of the molecule is O=C(O)C(=O)N=C(Cc1ccc2ccccc2c1)c1cc(Br)c(O)c(Br)c1. The Kier molecular flexibility index (Phi) is 5.72. The number of fused-ring (bicyclic) bond motifs is 1. The lowest BCUT2D eigenvalue weighted by Crippen LogP contribution is -2.15. The van der Waals surface area contributed by atoms with Gasteiger partial charge in [0.15, 0.2) is 0 Å². The zero-order valence-corrected chi connectivity index (χ0v) is 17.0. The van der Waals surface area contributed by atoms with Crippen molar-refractivity contribution in [3.8, 4) is 5.75 Å². The predicted molar refractivity (Wildman–Crippen MR) is 110 cm³/mol. The lowest BCUT2D eigenvalue weighted by atomic mass is 9.99. The van der Waals surface area contributed by atoms with Crippen LogP contribution in [0.1, 0.15) is 11.1 Å². The third-order valence-electron chi connectivity index (χ3n) is 3.96. The summed E-state index contributed by atoms with van der Waals surface area (Å²) in [6.07, 6.45) is 0.257. The molecule has 0 atom stereocenters. The fourth-order valence-corrected chi connectivity index (χ4v) is 3.84. The minimum Gasteiger partial charge on any atom is -0.506 e. The Bertz CT molecular complexity index is 1070. The first-order valence-electron chi connectivity index (χ1n) is 7.86. The monoisotopic (exact) mass is 489 g/mol. The number of nitrogens with zero attached hydrogens (tertiary/aromatic N) is 1. The largest absolute Gasteiger partial charge is 0.506 e. The van der Waals surface area contributed by atoms with Gasteiger partial charge in [0.2, 0.25) is 0 Å². The van der Waals surface area contributed by atoms with Gasteiger partial charge in [-0.1, -0.05) is 42.5 Å². The predicted octanol–water partition coefficient (Wildman–Crippen LogP) is 4.71. The number of hydrogen-bond donors (Lipinski definition) is 2. The second-order valence-electron chi connectivity index (χ2n) is 5.82. The summed E-state index contributed by atoms with van der Waals surface area (Å²) in [6.45, 7) is 0. The number of halogens is 2. The molecule has 3 rings (SSSR count). The van der Waals surface area contributed by atoms with Crippen molar-refractivity contribution in [1.82, 2.24) is 0 Å². The van der Waals surface area contributed by atoms with Crippen LogP contribution in [0.2, 0.25) is 0 Å². The van der Waals surface area contributed by atoms with Crippen molar-refractivity contribution >= 4 is 60.2 Å². The summed E-state index contributed by atoms with van der Waals surface area (Å²) < 4.78 is 0.807. The number of phenols is 1. The number of carboxylic acid groups (broad SMARTS) is 1. The van der Waals surface area contributed by atoms with Gasteiger partial charge in [-0.15, -0.1) is 0 Å². The zero-order valence-electron chi connectivity index (χ0n) is 13.8. The molecule has 7 heteroatoms. The van der Waals surface area contributed by atoms with Gasteiger partial charge in [0.1, 0.15) is 5.75 Å². The Balaban J connectivity index is 2.06. The number of phenolic OH excluding ortho intramolecular Hbond substituents is 1. The molecule has 0 spiro atoms. The number of hydrogen-bond acceptors (Lipinski definition) is 3. The summed E-state index contributed by atoms with van der Waals surface area (Å²) in [5.41, 5.74) is 1.69. The smallest absolute Gasteiger partial charge is 0.396 e. The van der Waals surface area contributed by atoms with Crippen molar-refractivity contribution in [2.75, 3.05) is 0 Å². The van der Waals surface area contributed by atoms with E-state index in [0.717, 1.165) is 16.3 Å². The van der Waals surface area contributed by atoms with Crippen molar-refractivity contribution < 1.29 is 19.8 Å². The number of amides is 1. The second-order valence-corrected chi connectivity index (χ2v) is 7.52. The molecule has 0 saturated carbocycles. The minimum atomic E-state index is -1.62. The molecule has 0 radical (unpaired) electrons. The summed E-state index contributed by atoms with van der Waals surface area (Å²) in [6, 6.07) is 16.9. The van der Waals surface area contributed by atoms with Gasteiger partial charge in [0.05, 0.1) is 14.7 Å². The number of rotatable bonds is 3. The van der Waals surface area contributed by atoms with Crippen molar-refractivity contribution in [1.29, 1.82) is 0 Å². The third kappa shape index (κ3) is 4.43. The van der Waals surface area contributed by atoms with Crippen LogP contribution in [-0.2, 0) is 16.0 Å². The molecule has 0 unspecified atom stereocenters. The maximum absolute atomic E-state index is 11.7. The Morgan fingerprint density at radius 3 is 2.19 bits per heavy atom. The average molecular weight is 491 g/mol. The number of carbonyl (C=O) groups excluding carboxylic acids is 1. The molecule has 3 aromatic rings. The van der Waals surface area contributed by atoms with Crippen LogP contribution in [0.15, 0.2) is 68.5 Å². The van der Waals surface area contributed by atoms with E-state index in [2.05, 4.69) is 36.9 Å². The first-order valence-corrected chi connectivity index (χ1v) is 9.44. The number of carboxylic acids is 1. The molecule has 0 fully saturated rings. The summed E-state index contributed by atoms with van der Waals surface area (Å²) in [5, 5.41) is 20.9. The molecule has 0 aliphatic heterocycles. The van der Waals surface area contributed by atoms with Crippen molar-refractivity contribution in [2.45, 2.75) is 6.42 Å². The first kappa shape index (κ1) is 19.3. The Labute approximate surface area is 171 Å². The average Bonchev–Trinajstić information content (AvgIpc) is 2.64. The Hall–Kier alpha value is -2.51. The zero-order chi connectivity index (χ0) is 19.6. The highest BCUT2D eigenvalue weighted by Crippen LogP contribution is 2.34. The quantitative estimate of drug-likeness (QED) is 0.411. The molecular formula is C20H13Br2NO4. The fraction of sp³-hybridized carbons (Fsp3) is 0.0500. The first-order chi connectivity index (χ1) is 12.8. The van der Waals surface area contributed by atoms with Crippen molar-refractivity contribution in [2.24, 2.45) is 4.99 Å². The minimum absolute atomic E-state index is 0.00775. The highest BCUT2D eigenvalue weighted by Gasteiger charge is 2.16. The Morgan fingerprint density at radius 1 is 0.926 bits per heavy atom. The van der Waals surface area contributed by atoms with E-state index in [4.69, 9.17) is 5.11 Å². The Morgan fingerprint density at radius 2 is 1.56 bits per heavy atom. The van der Waals surface area contributed by atoms with Gasteiger partial charge in [-0.3, -0.25) is 4.79 Å². The van der Waals surface area contributed by atoms with E-state index in [0.29, 0.717) is 20.2 Å². The third-order valence-corrected chi connectivity index (χ3v) is 5.16. The summed E-state index contributed by atoms with van der Waals surface area (Å²) >= 11 is 6.48. The molecule has 27 heavy (non-hydrogen) atoms. The number of benzene rings is 3. The molecule has 0 aromatic heterocycles. The van der Waals surface area contributed by atoms with Crippen molar-refractivity contribution in [3.05, 3.63) is 74.7 Å². The van der Waals surface area contributed by atoms with Crippen LogP contribution < -0.4 is 0 Å². The molecule has 0 aliphatic carbocycles. The van der Waals surface area contributed by atoms with E-state index < -0.39 is 11.9 Å². The molecule has 0 saturated heterocycles. The van der Waals surface area contributed by atoms with E-state index >= 15 is 0 Å². The molecule has 0 bridgehead atoms. The standard InChI is InChI=1S/C20H13Br2NO4/c21-15-9-14(10-16(22)18(15)24)17(23-19(25)20(26)27)8-11-5-6-12-3-1-2-4-13(12)7-11/h1-7,9-10,24H,8H2,(H,26,27). The van der Waals surface area contributed by atoms with Crippen LogP contribution >= 0.6 is 31.9 Å². The molecule has 1 amide bonds. The number of aliphatic carboxylic acids is 1. The van der Waals surface area contributed by atoms with Gasteiger partial charge >= 0.3 is 11.9 Å². The van der Waals surface area contributed by atoms with E-state index in [-0.39, 0.29) is 12.2 Å². The maximum atomic E-state index is 11.7. The lowest BCUT2D eigenvalue weighted by molar-refractivity contribution is -0.148. The fourth-order valence-electron chi connectivity index (χ4n) is 2.65.